The van der Waals surface area contributed by atoms with E-state index in [0.29, 0.717) is 5.82 Å². The molecule has 0 aliphatic carbocycles. The first-order valence-corrected chi connectivity index (χ1v) is 6.49. The van der Waals surface area contributed by atoms with E-state index in [2.05, 4.69) is 20.7 Å². The van der Waals surface area contributed by atoms with E-state index in [1.807, 2.05) is 30.3 Å². The molecule has 1 aliphatic heterocycles. The smallest absolute Gasteiger partial charge is 0.250 e. The van der Waals surface area contributed by atoms with Crippen LogP contribution in [0.15, 0.2) is 30.3 Å². The lowest BCUT2D eigenvalue weighted by Gasteiger charge is -2.31. The molecule has 1 saturated heterocycles. The maximum Gasteiger partial charge on any atom is 0.250 e. The number of benzene rings is 1. The van der Waals surface area contributed by atoms with E-state index in [1.165, 1.54) is 9.70 Å². The van der Waals surface area contributed by atoms with Gasteiger partial charge in [-0.1, -0.05) is 30.3 Å². The molecule has 8 heteroatoms. The van der Waals surface area contributed by atoms with Gasteiger partial charge in [-0.15, -0.1) is 10.2 Å². The minimum Gasteiger partial charge on any atom is -0.339 e. The monoisotopic (exact) mass is 286 g/mol. The zero-order valence-corrected chi connectivity index (χ0v) is 11.4. The first-order valence-electron chi connectivity index (χ1n) is 6.49. The van der Waals surface area contributed by atoms with E-state index < -0.39 is 6.04 Å². The molecular formula is C13H14N6O2. The molecule has 2 amide bonds. The van der Waals surface area contributed by atoms with Gasteiger partial charge in [0.1, 0.15) is 12.6 Å². The lowest BCUT2D eigenvalue weighted by atomic mass is 10.0. The Balaban J connectivity index is 1.81. The average molecular weight is 286 g/mol. The second-order valence-corrected chi connectivity index (χ2v) is 4.80. The number of rotatable bonds is 3. The third-order valence-electron chi connectivity index (χ3n) is 3.21. The Morgan fingerprint density at radius 3 is 2.71 bits per heavy atom. The number of nitrogens with zero attached hydrogens (tertiary/aromatic N) is 5. The molecule has 108 valence electrons. The number of amides is 2. The molecule has 2 aromatic rings. The number of carbonyl (C=O) groups excluding carboxylic acids is 2. The molecule has 0 bridgehead atoms. The topological polar surface area (TPSA) is 93.0 Å². The van der Waals surface area contributed by atoms with Gasteiger partial charge in [-0.05, 0) is 10.8 Å². The fraction of sp³-hybridized carbons (Fsp3) is 0.308. The highest BCUT2D eigenvalue weighted by Gasteiger charge is 2.34. The van der Waals surface area contributed by atoms with E-state index in [4.69, 9.17) is 0 Å². The maximum absolute atomic E-state index is 12.5. The van der Waals surface area contributed by atoms with Crippen LogP contribution in [0.3, 0.4) is 0 Å². The lowest BCUT2D eigenvalue weighted by Crippen LogP contribution is -2.53. The molecule has 0 radical (unpaired) electrons. The van der Waals surface area contributed by atoms with Crippen molar-refractivity contribution in [1.82, 2.24) is 30.4 Å². The van der Waals surface area contributed by atoms with Crippen LogP contribution < -0.4 is 5.32 Å². The van der Waals surface area contributed by atoms with Gasteiger partial charge in [-0.2, -0.15) is 4.80 Å². The fourth-order valence-corrected chi connectivity index (χ4v) is 2.26. The van der Waals surface area contributed by atoms with Crippen LogP contribution in [0, 0.1) is 0 Å². The molecule has 0 saturated carbocycles. The van der Waals surface area contributed by atoms with Crippen molar-refractivity contribution in [3.05, 3.63) is 41.7 Å². The molecular weight excluding hydrogens is 272 g/mol. The van der Waals surface area contributed by atoms with Crippen molar-refractivity contribution in [2.45, 2.75) is 12.6 Å². The molecule has 1 aromatic heterocycles. The highest BCUT2D eigenvalue weighted by atomic mass is 16.2. The van der Waals surface area contributed by atoms with Crippen LogP contribution >= 0.6 is 0 Å². The van der Waals surface area contributed by atoms with E-state index >= 15 is 0 Å². The summed E-state index contributed by atoms with van der Waals surface area (Å²) in [6, 6.07) is 8.49. The van der Waals surface area contributed by atoms with Crippen molar-refractivity contribution in [2.75, 3.05) is 6.54 Å². The molecule has 1 unspecified atom stereocenters. The van der Waals surface area contributed by atoms with Gasteiger partial charge in [0, 0.05) is 0 Å². The molecule has 0 spiro atoms. The number of hydrogen-bond donors (Lipinski definition) is 1. The van der Waals surface area contributed by atoms with Gasteiger partial charge in [0.2, 0.25) is 5.91 Å². The van der Waals surface area contributed by atoms with Crippen LogP contribution in [0.1, 0.15) is 17.4 Å². The van der Waals surface area contributed by atoms with Crippen molar-refractivity contribution in [2.24, 2.45) is 7.05 Å². The minimum atomic E-state index is -0.663. The van der Waals surface area contributed by atoms with E-state index in [0.717, 1.165) is 5.56 Å². The second-order valence-electron chi connectivity index (χ2n) is 4.80. The summed E-state index contributed by atoms with van der Waals surface area (Å²) >= 11 is 0. The third kappa shape index (κ3) is 2.73. The van der Waals surface area contributed by atoms with Crippen LogP contribution in [0.4, 0.5) is 0 Å². The number of hydrogen-bond acceptors (Lipinski definition) is 5. The van der Waals surface area contributed by atoms with Crippen LogP contribution in [0.2, 0.25) is 0 Å². The summed E-state index contributed by atoms with van der Waals surface area (Å²) in [6.45, 7) is 0.170. The van der Waals surface area contributed by atoms with E-state index in [1.54, 1.807) is 7.05 Å². The summed E-state index contributed by atoms with van der Waals surface area (Å²) in [4.78, 5) is 27.1. The molecule has 1 N–H and O–H groups in total. The Bertz CT molecular complexity index is 668. The standard InChI is InChI=1S/C13H14N6O2/c1-18-16-10(15-17-18)7-19-8-11(20)14-12(13(19)21)9-5-3-2-4-6-9/h2-6,12H,7-8H2,1H3,(H,14,20). The maximum atomic E-state index is 12.5. The fourth-order valence-electron chi connectivity index (χ4n) is 2.26. The van der Waals surface area contributed by atoms with Crippen molar-refractivity contribution in [1.29, 1.82) is 0 Å². The minimum absolute atomic E-state index is 0.000418. The van der Waals surface area contributed by atoms with Crippen LogP contribution in [0.25, 0.3) is 0 Å². The molecule has 21 heavy (non-hydrogen) atoms. The van der Waals surface area contributed by atoms with Crippen LogP contribution in [0.5, 0.6) is 0 Å². The number of piperazine rings is 1. The summed E-state index contributed by atoms with van der Waals surface area (Å²) < 4.78 is 0. The summed E-state index contributed by atoms with van der Waals surface area (Å²) in [5.74, 6) is 0.0351. The number of aryl methyl sites for hydroxylation is 1. The zero-order valence-electron chi connectivity index (χ0n) is 11.4. The number of nitrogens with one attached hydrogen (secondary N) is 1. The van der Waals surface area contributed by atoms with Gasteiger partial charge >= 0.3 is 0 Å². The predicted octanol–water partition coefficient (Wildman–Crippen LogP) is -0.590. The molecule has 2 heterocycles. The Kier molecular flexibility index (Phi) is 3.35. The second kappa shape index (κ2) is 5.31. The van der Waals surface area contributed by atoms with Gasteiger partial charge in [0.25, 0.3) is 5.91 Å². The van der Waals surface area contributed by atoms with Gasteiger partial charge in [0.05, 0.1) is 13.6 Å². The first kappa shape index (κ1) is 13.2. The highest BCUT2D eigenvalue weighted by Crippen LogP contribution is 2.19. The van der Waals surface area contributed by atoms with Crippen molar-refractivity contribution in [3.8, 4) is 0 Å². The van der Waals surface area contributed by atoms with Crippen molar-refractivity contribution >= 4 is 11.8 Å². The normalized spacial score (nSPS) is 18.7. The Morgan fingerprint density at radius 1 is 1.29 bits per heavy atom. The van der Waals surface area contributed by atoms with Gasteiger partial charge in [-0.25, -0.2) is 0 Å². The van der Waals surface area contributed by atoms with Gasteiger partial charge < -0.3 is 10.2 Å². The molecule has 1 aliphatic rings. The molecule has 1 atom stereocenters. The van der Waals surface area contributed by atoms with Crippen molar-refractivity contribution in [3.63, 3.8) is 0 Å². The molecule has 1 aromatic carbocycles. The quantitative estimate of drug-likeness (QED) is 0.814. The number of carbonyl (C=O) groups is 2. The van der Waals surface area contributed by atoms with Gasteiger partial charge in [0.15, 0.2) is 5.82 Å². The Labute approximate surface area is 120 Å². The average Bonchev–Trinajstić information content (AvgIpc) is 2.89. The number of aromatic nitrogens is 4. The van der Waals surface area contributed by atoms with Crippen LogP contribution in [-0.4, -0.2) is 43.5 Å². The molecule has 1 fully saturated rings. The largest absolute Gasteiger partial charge is 0.339 e. The SMILES string of the molecule is Cn1nnc(CN2CC(=O)NC(c3ccccc3)C2=O)n1. The lowest BCUT2D eigenvalue weighted by molar-refractivity contribution is -0.145. The zero-order chi connectivity index (χ0) is 14.8. The van der Waals surface area contributed by atoms with Crippen molar-refractivity contribution < 1.29 is 9.59 Å². The summed E-state index contributed by atoms with van der Waals surface area (Å²) in [6.07, 6.45) is 0. The van der Waals surface area contributed by atoms with Gasteiger partial charge in [-0.3, -0.25) is 9.59 Å². The third-order valence-corrected chi connectivity index (χ3v) is 3.21. The Hall–Kier alpha value is -2.77. The van der Waals surface area contributed by atoms with Crippen LogP contribution in [-0.2, 0) is 23.2 Å². The number of tetrazole rings is 1. The van der Waals surface area contributed by atoms with E-state index in [9.17, 15) is 9.59 Å². The first-order chi connectivity index (χ1) is 10.1. The molecule has 8 nitrogen and oxygen atoms in total. The Morgan fingerprint density at radius 2 is 2.05 bits per heavy atom. The summed E-state index contributed by atoms with van der Waals surface area (Å²) in [5.41, 5.74) is 0.757. The highest BCUT2D eigenvalue weighted by molar-refractivity contribution is 5.95. The predicted molar refractivity (Wildman–Crippen MR) is 71.5 cm³/mol. The summed E-state index contributed by atoms with van der Waals surface area (Å²) in [7, 11) is 1.65. The molecule has 3 rings (SSSR count). The van der Waals surface area contributed by atoms with E-state index in [-0.39, 0.29) is 24.9 Å². The summed E-state index contributed by atoms with van der Waals surface area (Å²) in [5, 5.41) is 14.3.